The molecular weight excluding hydrogens is 407 g/mol. The Kier molecular flexibility index (Phi) is 6.01. The van der Waals surface area contributed by atoms with Crippen molar-refractivity contribution in [3.05, 3.63) is 69.3 Å². The number of primary amides is 1. The number of amides is 3. The van der Waals surface area contributed by atoms with Crippen LogP contribution in [0.25, 0.3) is 6.08 Å². The van der Waals surface area contributed by atoms with E-state index in [1.54, 1.807) is 18.2 Å². The maximum absolute atomic E-state index is 13.0. The summed E-state index contributed by atoms with van der Waals surface area (Å²) in [6, 6.07) is 10.2. The zero-order valence-electron chi connectivity index (χ0n) is 14.4. The molecule has 0 unspecified atom stereocenters. The second kappa shape index (κ2) is 8.45. The number of carbonyl (C=O) groups is 3. The number of nitrogens with zero attached hydrogens (tertiary/aromatic N) is 1. The first-order valence-electron chi connectivity index (χ1n) is 8.04. The number of rotatable bonds is 6. The first-order valence-corrected chi connectivity index (χ1v) is 9.23. The number of carbonyl (C=O) groups excluding carboxylic acids is 3. The molecule has 0 atom stereocenters. The van der Waals surface area contributed by atoms with Crippen LogP contribution in [-0.2, 0) is 16.1 Å². The molecule has 0 aliphatic carbocycles. The number of halogens is 2. The Morgan fingerprint density at radius 2 is 1.93 bits per heavy atom. The van der Waals surface area contributed by atoms with E-state index in [0.29, 0.717) is 21.9 Å². The molecule has 9 heteroatoms. The molecule has 1 fully saturated rings. The van der Waals surface area contributed by atoms with Gasteiger partial charge in [-0.05, 0) is 53.7 Å². The number of benzene rings is 2. The molecule has 1 heterocycles. The van der Waals surface area contributed by atoms with Crippen LogP contribution in [0, 0.1) is 5.82 Å². The monoisotopic (exact) mass is 420 g/mol. The molecule has 3 amide bonds. The van der Waals surface area contributed by atoms with Crippen LogP contribution in [0.15, 0.2) is 47.4 Å². The second-order valence-corrected chi connectivity index (χ2v) is 7.26. The van der Waals surface area contributed by atoms with E-state index in [9.17, 15) is 18.8 Å². The van der Waals surface area contributed by atoms with E-state index in [-0.39, 0.29) is 18.1 Å². The minimum Gasteiger partial charge on any atom is -0.483 e. The van der Waals surface area contributed by atoms with Gasteiger partial charge in [0.1, 0.15) is 11.6 Å². The van der Waals surface area contributed by atoms with Crippen LogP contribution in [0.3, 0.4) is 0 Å². The van der Waals surface area contributed by atoms with Crippen LogP contribution in [0.4, 0.5) is 9.18 Å². The Bertz CT molecular complexity index is 978. The molecule has 144 valence electrons. The quantitative estimate of drug-likeness (QED) is 0.721. The summed E-state index contributed by atoms with van der Waals surface area (Å²) < 4.78 is 18.4. The van der Waals surface area contributed by atoms with E-state index in [2.05, 4.69) is 0 Å². The number of thioether (sulfide) groups is 1. The molecule has 28 heavy (non-hydrogen) atoms. The van der Waals surface area contributed by atoms with Gasteiger partial charge >= 0.3 is 0 Å². The molecule has 6 nitrogen and oxygen atoms in total. The molecule has 1 aliphatic rings. The Hall–Kier alpha value is -2.84. The fourth-order valence-corrected chi connectivity index (χ4v) is 3.47. The van der Waals surface area contributed by atoms with Gasteiger partial charge in [-0.1, -0.05) is 23.7 Å². The first kappa shape index (κ1) is 19.9. The molecule has 0 radical (unpaired) electrons. The van der Waals surface area contributed by atoms with Crippen molar-refractivity contribution in [1.82, 2.24) is 4.90 Å². The van der Waals surface area contributed by atoms with Crippen LogP contribution in [0.1, 0.15) is 11.1 Å². The van der Waals surface area contributed by atoms with Crippen molar-refractivity contribution >= 4 is 46.5 Å². The molecule has 1 aliphatic heterocycles. The highest BCUT2D eigenvalue weighted by molar-refractivity contribution is 8.18. The van der Waals surface area contributed by atoms with Gasteiger partial charge < -0.3 is 10.5 Å². The number of hydrogen-bond acceptors (Lipinski definition) is 5. The van der Waals surface area contributed by atoms with Gasteiger partial charge in [-0.25, -0.2) is 4.39 Å². The van der Waals surface area contributed by atoms with Gasteiger partial charge in [-0.2, -0.15) is 0 Å². The fourth-order valence-electron chi connectivity index (χ4n) is 2.46. The third-order valence-corrected chi connectivity index (χ3v) is 4.90. The van der Waals surface area contributed by atoms with Crippen molar-refractivity contribution in [3.63, 3.8) is 0 Å². The largest absolute Gasteiger partial charge is 0.483 e. The van der Waals surface area contributed by atoms with Crippen molar-refractivity contribution in [3.8, 4) is 5.75 Å². The lowest BCUT2D eigenvalue weighted by Crippen LogP contribution is -2.27. The third kappa shape index (κ3) is 4.71. The minimum absolute atomic E-state index is 0.0306. The maximum Gasteiger partial charge on any atom is 0.293 e. The summed E-state index contributed by atoms with van der Waals surface area (Å²) in [5.74, 6) is -1.24. The summed E-state index contributed by atoms with van der Waals surface area (Å²) >= 11 is 6.77. The van der Waals surface area contributed by atoms with E-state index < -0.39 is 22.9 Å². The smallest absolute Gasteiger partial charge is 0.293 e. The van der Waals surface area contributed by atoms with Gasteiger partial charge in [-0.3, -0.25) is 19.3 Å². The lowest BCUT2D eigenvalue weighted by Gasteiger charge is -2.12. The molecular formula is C19H14ClFN2O4S. The first-order chi connectivity index (χ1) is 13.3. The Morgan fingerprint density at radius 1 is 1.21 bits per heavy atom. The predicted octanol–water partition coefficient (Wildman–Crippen LogP) is 3.58. The molecule has 0 aromatic heterocycles. The Morgan fingerprint density at radius 3 is 2.61 bits per heavy atom. The number of imide groups is 1. The lowest BCUT2D eigenvalue weighted by atomic mass is 10.1. The molecule has 0 saturated carbocycles. The summed E-state index contributed by atoms with van der Waals surface area (Å²) in [7, 11) is 0. The number of ether oxygens (including phenoxy) is 1. The van der Waals surface area contributed by atoms with E-state index in [0.717, 1.165) is 16.7 Å². The van der Waals surface area contributed by atoms with Crippen LogP contribution < -0.4 is 10.5 Å². The van der Waals surface area contributed by atoms with Crippen molar-refractivity contribution in [2.45, 2.75) is 6.54 Å². The highest BCUT2D eigenvalue weighted by Crippen LogP contribution is 2.35. The number of hydrogen-bond donors (Lipinski definition) is 1. The average Bonchev–Trinajstić information content (AvgIpc) is 2.90. The zero-order chi connectivity index (χ0) is 20.3. The van der Waals surface area contributed by atoms with E-state index >= 15 is 0 Å². The van der Waals surface area contributed by atoms with Crippen molar-refractivity contribution in [1.29, 1.82) is 0 Å². The highest BCUT2D eigenvalue weighted by Gasteiger charge is 2.35. The molecule has 1 saturated heterocycles. The summed E-state index contributed by atoms with van der Waals surface area (Å²) in [6.45, 7) is -0.308. The van der Waals surface area contributed by atoms with E-state index in [1.807, 2.05) is 0 Å². The van der Waals surface area contributed by atoms with Gasteiger partial charge in [0.05, 0.1) is 11.4 Å². The van der Waals surface area contributed by atoms with Gasteiger partial charge in [0, 0.05) is 10.6 Å². The average molecular weight is 421 g/mol. The normalized spacial score (nSPS) is 15.4. The van der Waals surface area contributed by atoms with Crippen LogP contribution in [0.5, 0.6) is 5.75 Å². The van der Waals surface area contributed by atoms with Crippen LogP contribution >= 0.6 is 23.4 Å². The van der Waals surface area contributed by atoms with Crippen molar-refractivity contribution in [2.24, 2.45) is 5.73 Å². The van der Waals surface area contributed by atoms with Crippen LogP contribution in [-0.4, -0.2) is 28.6 Å². The molecule has 0 spiro atoms. The molecule has 0 bridgehead atoms. The second-order valence-electron chi connectivity index (χ2n) is 5.83. The lowest BCUT2D eigenvalue weighted by molar-refractivity contribution is -0.123. The van der Waals surface area contributed by atoms with Crippen molar-refractivity contribution in [2.75, 3.05) is 6.61 Å². The highest BCUT2D eigenvalue weighted by atomic mass is 35.5. The van der Waals surface area contributed by atoms with Gasteiger partial charge in [0.2, 0.25) is 0 Å². The summed E-state index contributed by atoms with van der Waals surface area (Å²) in [5.41, 5.74) is 6.14. The Balaban J connectivity index is 1.84. The molecule has 2 N–H and O–H groups in total. The topological polar surface area (TPSA) is 89.7 Å². The standard InChI is InChI=1S/C19H14ClFN2O4S/c20-13-3-6-15(27-10-17(22)24)12(7-13)8-16-18(25)23(19(26)28-16)9-11-1-4-14(21)5-2-11/h1-8H,9-10H2,(H2,22,24)/b16-8-. The summed E-state index contributed by atoms with van der Waals surface area (Å²) in [4.78, 5) is 37.1. The van der Waals surface area contributed by atoms with Gasteiger partial charge in [0.15, 0.2) is 6.61 Å². The third-order valence-electron chi connectivity index (χ3n) is 3.76. The SMILES string of the molecule is NC(=O)COc1ccc(Cl)cc1/C=C1\SC(=O)N(Cc2ccc(F)cc2)C1=O. The van der Waals surface area contributed by atoms with E-state index in [1.165, 1.54) is 30.3 Å². The minimum atomic E-state index is -0.652. The molecule has 2 aromatic rings. The maximum atomic E-state index is 13.0. The molecule has 3 rings (SSSR count). The predicted molar refractivity (Wildman–Crippen MR) is 104 cm³/mol. The fraction of sp³-hybridized carbons (Fsp3) is 0.105. The zero-order valence-corrected chi connectivity index (χ0v) is 15.9. The van der Waals surface area contributed by atoms with Gasteiger partial charge in [-0.15, -0.1) is 0 Å². The summed E-state index contributed by atoms with van der Waals surface area (Å²) in [6.07, 6.45) is 1.47. The van der Waals surface area contributed by atoms with Crippen LogP contribution in [0.2, 0.25) is 5.02 Å². The van der Waals surface area contributed by atoms with Crippen molar-refractivity contribution < 1.29 is 23.5 Å². The Labute approximate surface area is 169 Å². The van der Waals surface area contributed by atoms with E-state index in [4.69, 9.17) is 22.1 Å². The number of nitrogens with two attached hydrogens (primary N) is 1. The summed E-state index contributed by atoms with van der Waals surface area (Å²) in [5, 5.41) is -0.0505. The van der Waals surface area contributed by atoms with Gasteiger partial charge in [0.25, 0.3) is 17.1 Å². The molecule has 2 aromatic carbocycles.